The van der Waals surface area contributed by atoms with Gasteiger partial charge in [-0.05, 0) is 59.7 Å². The molecule has 1 saturated heterocycles. The zero-order chi connectivity index (χ0) is 21.3. The van der Waals surface area contributed by atoms with Crippen LogP contribution in [-0.4, -0.2) is 48.5 Å². The molecule has 0 bridgehead atoms. The van der Waals surface area contributed by atoms with Gasteiger partial charge in [0.2, 0.25) is 0 Å². The molecule has 8 heteroatoms. The van der Waals surface area contributed by atoms with Crippen molar-refractivity contribution in [2.24, 2.45) is 0 Å². The summed E-state index contributed by atoms with van der Waals surface area (Å²) in [5, 5.41) is 2.80. The van der Waals surface area contributed by atoms with Crippen LogP contribution in [0.2, 0.25) is 0 Å². The number of carbonyl (C=O) groups is 2. The number of methoxy groups -OCH3 is 1. The maximum Gasteiger partial charge on any atom is 0.410 e. The van der Waals surface area contributed by atoms with Crippen molar-refractivity contribution in [3.63, 3.8) is 0 Å². The van der Waals surface area contributed by atoms with E-state index < -0.39 is 34.7 Å². The fourth-order valence-corrected chi connectivity index (χ4v) is 2.93. The van der Waals surface area contributed by atoms with Crippen LogP contribution in [-0.2, 0) is 15.0 Å². The lowest BCUT2D eigenvalue weighted by Gasteiger charge is -2.50. The van der Waals surface area contributed by atoms with Gasteiger partial charge in [0.1, 0.15) is 28.3 Å². The Labute approximate surface area is 165 Å². The van der Waals surface area contributed by atoms with Crippen molar-refractivity contribution in [2.75, 3.05) is 20.2 Å². The van der Waals surface area contributed by atoms with Crippen LogP contribution in [0.1, 0.15) is 47.1 Å². The van der Waals surface area contributed by atoms with Gasteiger partial charge in [-0.2, -0.15) is 0 Å². The summed E-state index contributed by atoms with van der Waals surface area (Å²) >= 11 is 0. The van der Waals surface area contributed by atoms with Crippen LogP contribution in [0.4, 0.5) is 14.0 Å². The summed E-state index contributed by atoms with van der Waals surface area (Å²) in [6, 6.07) is 4.05. The number of likely N-dealkylation sites (tertiary alicyclic amines) is 1. The number of amides is 2. The molecule has 1 N–H and O–H groups in total. The first kappa shape index (κ1) is 21.8. The van der Waals surface area contributed by atoms with E-state index in [0.717, 1.165) is 0 Å². The van der Waals surface area contributed by atoms with Crippen LogP contribution in [0.25, 0.3) is 0 Å². The van der Waals surface area contributed by atoms with Gasteiger partial charge in [0.05, 0.1) is 20.2 Å². The summed E-state index contributed by atoms with van der Waals surface area (Å²) in [5.74, 6) is -0.0711. The Morgan fingerprint density at radius 1 is 1.07 bits per heavy atom. The van der Waals surface area contributed by atoms with Crippen molar-refractivity contribution in [3.05, 3.63) is 29.6 Å². The zero-order valence-corrected chi connectivity index (χ0v) is 17.5. The van der Waals surface area contributed by atoms with Crippen LogP contribution in [0.5, 0.6) is 5.75 Å². The normalized spacial score (nSPS) is 16.1. The van der Waals surface area contributed by atoms with E-state index in [4.69, 9.17) is 14.2 Å². The van der Waals surface area contributed by atoms with E-state index in [2.05, 4.69) is 5.32 Å². The molecule has 0 atom stereocenters. The molecule has 1 aliphatic rings. The Hall–Kier alpha value is -2.51. The summed E-state index contributed by atoms with van der Waals surface area (Å²) in [5.41, 5.74) is -1.97. The lowest BCUT2D eigenvalue weighted by Crippen LogP contribution is -2.69. The average Bonchev–Trinajstić information content (AvgIpc) is 2.46. The third kappa shape index (κ3) is 5.27. The molecular weight excluding hydrogens is 367 g/mol. The van der Waals surface area contributed by atoms with Crippen LogP contribution in [0, 0.1) is 5.82 Å². The maximum atomic E-state index is 14.0. The van der Waals surface area contributed by atoms with E-state index in [1.54, 1.807) is 41.5 Å². The molecule has 0 aromatic heterocycles. The third-order valence-electron chi connectivity index (χ3n) is 3.99. The summed E-state index contributed by atoms with van der Waals surface area (Å²) in [7, 11) is 1.46. The number of alkyl carbamates (subject to hydrolysis) is 1. The molecule has 2 amide bonds. The number of benzene rings is 1. The van der Waals surface area contributed by atoms with Gasteiger partial charge >= 0.3 is 12.2 Å². The largest absolute Gasteiger partial charge is 0.496 e. The highest BCUT2D eigenvalue weighted by Gasteiger charge is 2.51. The average molecular weight is 396 g/mol. The standard InChI is InChI=1S/C20H29FN2O5/c1-18(2,3)27-16(24)22-20(14-10-13(21)8-9-15(14)26-7)11-23(12-20)17(25)28-19(4,5)6/h8-10H,11-12H2,1-7H3,(H,22,24). The van der Waals surface area contributed by atoms with Crippen molar-refractivity contribution in [2.45, 2.75) is 58.3 Å². The molecule has 1 aromatic carbocycles. The predicted octanol–water partition coefficient (Wildman–Crippen LogP) is 3.81. The van der Waals surface area contributed by atoms with Gasteiger partial charge in [-0.1, -0.05) is 0 Å². The van der Waals surface area contributed by atoms with E-state index in [0.29, 0.717) is 11.3 Å². The summed E-state index contributed by atoms with van der Waals surface area (Å²) in [6.45, 7) is 10.7. The van der Waals surface area contributed by atoms with Gasteiger partial charge in [0, 0.05) is 5.56 Å². The van der Waals surface area contributed by atoms with Gasteiger partial charge in [0.15, 0.2) is 0 Å². The molecule has 1 fully saturated rings. The first-order chi connectivity index (χ1) is 12.7. The third-order valence-corrected chi connectivity index (χ3v) is 3.99. The van der Waals surface area contributed by atoms with E-state index in [1.807, 2.05) is 0 Å². The number of nitrogens with one attached hydrogen (secondary N) is 1. The highest BCUT2D eigenvalue weighted by atomic mass is 19.1. The number of hydrogen-bond donors (Lipinski definition) is 1. The minimum absolute atomic E-state index is 0.0982. The van der Waals surface area contributed by atoms with Gasteiger partial charge in [-0.15, -0.1) is 0 Å². The monoisotopic (exact) mass is 396 g/mol. The molecule has 1 heterocycles. The second-order valence-corrected chi connectivity index (χ2v) is 8.89. The topological polar surface area (TPSA) is 77.1 Å². The Balaban J connectivity index is 2.31. The number of halogens is 1. The van der Waals surface area contributed by atoms with Gasteiger partial charge in [-0.25, -0.2) is 14.0 Å². The minimum atomic E-state index is -1.05. The number of ether oxygens (including phenoxy) is 3. The first-order valence-electron chi connectivity index (χ1n) is 9.08. The second-order valence-electron chi connectivity index (χ2n) is 8.89. The van der Waals surface area contributed by atoms with E-state index in [-0.39, 0.29) is 13.1 Å². The number of nitrogens with zero attached hydrogens (tertiary/aromatic N) is 1. The predicted molar refractivity (Wildman–Crippen MR) is 102 cm³/mol. The highest BCUT2D eigenvalue weighted by molar-refractivity contribution is 5.74. The molecule has 1 aliphatic heterocycles. The molecule has 1 aromatic rings. The van der Waals surface area contributed by atoms with Gasteiger partial charge < -0.3 is 24.4 Å². The van der Waals surface area contributed by atoms with Crippen molar-refractivity contribution < 1.29 is 28.2 Å². The van der Waals surface area contributed by atoms with E-state index >= 15 is 0 Å². The number of rotatable bonds is 3. The summed E-state index contributed by atoms with van der Waals surface area (Å²) in [6.07, 6.45) is -1.17. The fourth-order valence-electron chi connectivity index (χ4n) is 2.93. The molecule has 156 valence electrons. The Morgan fingerprint density at radius 3 is 2.14 bits per heavy atom. The maximum absolute atomic E-state index is 14.0. The minimum Gasteiger partial charge on any atom is -0.496 e. The molecule has 0 aliphatic carbocycles. The SMILES string of the molecule is COc1ccc(F)cc1C1(NC(=O)OC(C)(C)C)CN(C(=O)OC(C)(C)C)C1. The summed E-state index contributed by atoms with van der Waals surface area (Å²) in [4.78, 5) is 26.2. The molecular formula is C20H29FN2O5. The van der Waals surface area contributed by atoms with E-state index in [9.17, 15) is 14.0 Å². The number of hydrogen-bond acceptors (Lipinski definition) is 5. The first-order valence-corrected chi connectivity index (χ1v) is 9.08. The quantitative estimate of drug-likeness (QED) is 0.841. The van der Waals surface area contributed by atoms with Gasteiger partial charge in [-0.3, -0.25) is 0 Å². The van der Waals surface area contributed by atoms with Crippen LogP contribution >= 0.6 is 0 Å². The highest BCUT2D eigenvalue weighted by Crippen LogP contribution is 2.39. The molecule has 2 rings (SSSR count). The van der Waals surface area contributed by atoms with E-state index in [1.165, 1.54) is 30.2 Å². The van der Waals surface area contributed by atoms with Crippen LogP contribution in [0.15, 0.2) is 18.2 Å². The van der Waals surface area contributed by atoms with Gasteiger partial charge in [0.25, 0.3) is 0 Å². The Kier molecular flexibility index (Phi) is 5.82. The Bertz CT molecular complexity index is 746. The lowest BCUT2D eigenvalue weighted by atomic mass is 9.82. The van der Waals surface area contributed by atoms with Crippen molar-refractivity contribution in [1.29, 1.82) is 0 Å². The van der Waals surface area contributed by atoms with Crippen LogP contribution < -0.4 is 10.1 Å². The fraction of sp³-hybridized carbons (Fsp3) is 0.600. The van der Waals surface area contributed by atoms with Crippen molar-refractivity contribution in [3.8, 4) is 5.75 Å². The zero-order valence-electron chi connectivity index (χ0n) is 17.5. The molecule has 0 spiro atoms. The van der Waals surface area contributed by atoms with Crippen LogP contribution in [0.3, 0.4) is 0 Å². The molecule has 0 saturated carbocycles. The molecule has 28 heavy (non-hydrogen) atoms. The number of carbonyl (C=O) groups excluding carboxylic acids is 2. The molecule has 0 radical (unpaired) electrons. The second kappa shape index (κ2) is 7.48. The smallest absolute Gasteiger partial charge is 0.410 e. The lowest BCUT2D eigenvalue weighted by molar-refractivity contribution is -0.0235. The van der Waals surface area contributed by atoms with Crippen molar-refractivity contribution in [1.82, 2.24) is 10.2 Å². The summed E-state index contributed by atoms with van der Waals surface area (Å²) < 4.78 is 30.0. The van der Waals surface area contributed by atoms with Crippen molar-refractivity contribution >= 4 is 12.2 Å². The Morgan fingerprint density at radius 2 is 1.64 bits per heavy atom. The molecule has 0 unspecified atom stereocenters. The molecule has 7 nitrogen and oxygen atoms in total.